The average Bonchev–Trinajstić information content (AvgIpc) is 2.64. The minimum absolute atomic E-state index is 0.149. The predicted molar refractivity (Wildman–Crippen MR) is 90.0 cm³/mol. The number of benzene rings is 2. The second-order valence-corrected chi connectivity index (χ2v) is 5.06. The number of nitro groups is 1. The maximum absolute atomic E-state index is 11.9. The van der Waals surface area contributed by atoms with Crippen LogP contribution in [0.2, 0.25) is 0 Å². The van der Waals surface area contributed by atoms with Crippen LogP contribution in [0.15, 0.2) is 48.5 Å². The van der Waals surface area contributed by atoms with Crippen LogP contribution >= 0.6 is 0 Å². The summed E-state index contributed by atoms with van der Waals surface area (Å²) < 4.78 is 5.30. The van der Waals surface area contributed by atoms with Crippen molar-refractivity contribution in [3.8, 4) is 5.75 Å². The molecule has 2 amide bonds. The Morgan fingerprint density at radius 3 is 2.40 bits per heavy atom. The van der Waals surface area contributed by atoms with Crippen LogP contribution in [-0.4, -0.2) is 23.3 Å². The molecule has 2 aromatic carbocycles. The molecule has 2 N–H and O–H groups in total. The molecular weight excluding hydrogens is 326 g/mol. The Labute approximate surface area is 143 Å². The number of amides is 2. The number of para-hydroxylation sites is 1. The van der Waals surface area contributed by atoms with Crippen molar-refractivity contribution in [2.45, 2.75) is 13.3 Å². The van der Waals surface area contributed by atoms with Gasteiger partial charge in [-0.2, -0.15) is 0 Å². The van der Waals surface area contributed by atoms with Crippen molar-refractivity contribution >= 4 is 17.5 Å². The van der Waals surface area contributed by atoms with Gasteiger partial charge in [0.25, 0.3) is 17.5 Å². The van der Waals surface area contributed by atoms with Crippen LogP contribution in [0.5, 0.6) is 5.75 Å². The number of nitrogens with zero attached hydrogens (tertiary/aromatic N) is 1. The van der Waals surface area contributed by atoms with E-state index >= 15 is 0 Å². The monoisotopic (exact) mass is 343 g/mol. The van der Waals surface area contributed by atoms with E-state index in [9.17, 15) is 19.7 Å². The van der Waals surface area contributed by atoms with Gasteiger partial charge in [-0.05, 0) is 30.2 Å². The second-order valence-electron chi connectivity index (χ2n) is 5.06. The molecule has 0 radical (unpaired) electrons. The lowest BCUT2D eigenvalue weighted by Crippen LogP contribution is -2.44. The number of carbonyl (C=O) groups excluding carboxylic acids is 2. The Balaban J connectivity index is 1.85. The van der Waals surface area contributed by atoms with Crippen LogP contribution in [0.1, 0.15) is 22.8 Å². The number of nitrogens with one attached hydrogen (secondary N) is 2. The van der Waals surface area contributed by atoms with Gasteiger partial charge in [-0.25, -0.2) is 0 Å². The fourth-order valence-corrected chi connectivity index (χ4v) is 2.03. The van der Waals surface area contributed by atoms with Gasteiger partial charge >= 0.3 is 0 Å². The number of rotatable bonds is 6. The molecule has 0 unspecified atom stereocenters. The molecule has 2 aromatic rings. The maximum Gasteiger partial charge on any atom is 0.282 e. The highest BCUT2D eigenvalue weighted by atomic mass is 16.6. The summed E-state index contributed by atoms with van der Waals surface area (Å²) in [7, 11) is 0. The largest absolute Gasteiger partial charge is 0.484 e. The van der Waals surface area contributed by atoms with Crippen LogP contribution in [0, 0.1) is 10.1 Å². The summed E-state index contributed by atoms with van der Waals surface area (Å²) in [5.74, 6) is -0.850. The first-order valence-corrected chi connectivity index (χ1v) is 7.55. The summed E-state index contributed by atoms with van der Waals surface area (Å²) in [5.41, 5.74) is 4.93. The van der Waals surface area contributed by atoms with E-state index in [1.54, 1.807) is 12.1 Å². The van der Waals surface area contributed by atoms with E-state index in [2.05, 4.69) is 10.9 Å². The van der Waals surface area contributed by atoms with Crippen LogP contribution in [0.25, 0.3) is 0 Å². The highest BCUT2D eigenvalue weighted by Gasteiger charge is 2.19. The second kappa shape index (κ2) is 8.44. The lowest BCUT2D eigenvalue weighted by atomic mass is 10.2. The molecule has 0 aliphatic heterocycles. The third-order valence-electron chi connectivity index (χ3n) is 3.36. The van der Waals surface area contributed by atoms with Crippen molar-refractivity contribution in [2.75, 3.05) is 6.61 Å². The van der Waals surface area contributed by atoms with Crippen molar-refractivity contribution in [1.82, 2.24) is 10.9 Å². The van der Waals surface area contributed by atoms with Gasteiger partial charge in [0.05, 0.1) is 4.92 Å². The molecule has 130 valence electrons. The first-order chi connectivity index (χ1) is 12.0. The average molecular weight is 343 g/mol. The first kappa shape index (κ1) is 17.9. The zero-order chi connectivity index (χ0) is 18.2. The molecule has 25 heavy (non-hydrogen) atoms. The lowest BCUT2D eigenvalue weighted by Gasteiger charge is -2.09. The van der Waals surface area contributed by atoms with Crippen LogP contribution in [0.4, 0.5) is 5.69 Å². The van der Waals surface area contributed by atoms with Crippen LogP contribution in [0.3, 0.4) is 0 Å². The summed E-state index contributed by atoms with van der Waals surface area (Å²) in [6, 6.07) is 12.7. The molecule has 0 aromatic heterocycles. The highest BCUT2D eigenvalue weighted by Crippen LogP contribution is 2.17. The molecule has 0 saturated heterocycles. The highest BCUT2D eigenvalue weighted by molar-refractivity contribution is 5.99. The van der Waals surface area contributed by atoms with E-state index in [1.807, 2.05) is 19.1 Å². The fourth-order valence-electron chi connectivity index (χ4n) is 2.03. The van der Waals surface area contributed by atoms with E-state index in [1.165, 1.54) is 24.3 Å². The molecule has 0 aliphatic rings. The van der Waals surface area contributed by atoms with Crippen molar-refractivity contribution < 1.29 is 19.2 Å². The fraction of sp³-hybridized carbons (Fsp3) is 0.176. The smallest absolute Gasteiger partial charge is 0.282 e. The van der Waals surface area contributed by atoms with Crippen molar-refractivity contribution in [1.29, 1.82) is 0 Å². The maximum atomic E-state index is 11.9. The molecule has 8 heteroatoms. The number of hydrogen-bond acceptors (Lipinski definition) is 5. The minimum Gasteiger partial charge on any atom is -0.484 e. The SMILES string of the molecule is CCc1ccc(OCC(=O)NNC(=O)c2ccccc2[N+](=O)[O-])cc1. The molecule has 0 aliphatic carbocycles. The van der Waals surface area contributed by atoms with Crippen LogP contribution < -0.4 is 15.6 Å². The molecule has 0 heterocycles. The number of nitro benzene ring substituents is 1. The van der Waals surface area contributed by atoms with Crippen molar-refractivity contribution in [3.63, 3.8) is 0 Å². The van der Waals surface area contributed by atoms with E-state index in [4.69, 9.17) is 4.74 Å². The minimum atomic E-state index is -0.784. The first-order valence-electron chi connectivity index (χ1n) is 7.55. The molecule has 0 fully saturated rings. The number of aryl methyl sites for hydroxylation is 1. The Morgan fingerprint density at radius 1 is 1.08 bits per heavy atom. The Morgan fingerprint density at radius 2 is 1.76 bits per heavy atom. The summed E-state index contributed by atoms with van der Waals surface area (Å²) in [6.45, 7) is 1.73. The summed E-state index contributed by atoms with van der Waals surface area (Å²) >= 11 is 0. The predicted octanol–water partition coefficient (Wildman–Crippen LogP) is 2.00. The molecule has 0 atom stereocenters. The van der Waals surface area contributed by atoms with Gasteiger partial charge in [0.2, 0.25) is 0 Å². The van der Waals surface area contributed by atoms with Crippen molar-refractivity contribution in [2.24, 2.45) is 0 Å². The molecule has 8 nitrogen and oxygen atoms in total. The molecule has 2 rings (SSSR count). The molecule has 0 spiro atoms. The van der Waals surface area contributed by atoms with Gasteiger partial charge in [0.1, 0.15) is 11.3 Å². The van der Waals surface area contributed by atoms with Gasteiger partial charge in [-0.1, -0.05) is 31.2 Å². The lowest BCUT2D eigenvalue weighted by molar-refractivity contribution is -0.385. The van der Waals surface area contributed by atoms with E-state index in [-0.39, 0.29) is 17.9 Å². The number of hydrogen-bond donors (Lipinski definition) is 2. The number of hydrazine groups is 1. The third-order valence-corrected chi connectivity index (χ3v) is 3.36. The van der Waals surface area contributed by atoms with E-state index in [0.717, 1.165) is 12.0 Å². The summed E-state index contributed by atoms with van der Waals surface area (Å²) in [6.07, 6.45) is 0.901. The number of carbonyl (C=O) groups is 2. The molecular formula is C17H17N3O5. The zero-order valence-electron chi connectivity index (χ0n) is 13.5. The Bertz CT molecular complexity index is 774. The van der Waals surface area contributed by atoms with E-state index < -0.39 is 16.7 Å². The van der Waals surface area contributed by atoms with E-state index in [0.29, 0.717) is 5.75 Å². The van der Waals surface area contributed by atoms with Gasteiger partial charge in [0.15, 0.2) is 6.61 Å². The standard InChI is InChI=1S/C17H17N3O5/c1-2-12-7-9-13(10-8-12)25-11-16(21)18-19-17(22)14-5-3-4-6-15(14)20(23)24/h3-10H,2,11H2,1H3,(H,18,21)(H,19,22). The van der Waals surface area contributed by atoms with Crippen molar-refractivity contribution in [3.05, 3.63) is 69.8 Å². The van der Waals surface area contributed by atoms with Gasteiger partial charge in [0, 0.05) is 6.07 Å². The topological polar surface area (TPSA) is 111 Å². The Kier molecular flexibility index (Phi) is 6.05. The molecule has 0 saturated carbocycles. The third kappa shape index (κ3) is 5.03. The Hall–Kier alpha value is -3.42. The quantitative estimate of drug-likeness (QED) is 0.615. The zero-order valence-corrected chi connectivity index (χ0v) is 13.5. The van der Waals surface area contributed by atoms with Gasteiger partial charge < -0.3 is 4.74 Å². The summed E-state index contributed by atoms with van der Waals surface area (Å²) in [4.78, 5) is 33.9. The molecule has 0 bridgehead atoms. The number of ether oxygens (including phenoxy) is 1. The van der Waals surface area contributed by atoms with Gasteiger partial charge in [-0.15, -0.1) is 0 Å². The normalized spacial score (nSPS) is 9.96. The summed E-state index contributed by atoms with van der Waals surface area (Å²) in [5, 5.41) is 10.9. The van der Waals surface area contributed by atoms with Gasteiger partial charge in [-0.3, -0.25) is 30.6 Å². The van der Waals surface area contributed by atoms with Crippen LogP contribution in [-0.2, 0) is 11.2 Å².